The summed E-state index contributed by atoms with van der Waals surface area (Å²) >= 11 is 0. The predicted octanol–water partition coefficient (Wildman–Crippen LogP) is 1.70. The van der Waals surface area contributed by atoms with Gasteiger partial charge in [-0.05, 0) is 24.5 Å². The van der Waals surface area contributed by atoms with Crippen molar-refractivity contribution in [1.29, 1.82) is 0 Å². The van der Waals surface area contributed by atoms with Crippen molar-refractivity contribution in [2.75, 3.05) is 7.05 Å². The first-order valence-corrected chi connectivity index (χ1v) is 4.87. The highest BCUT2D eigenvalue weighted by Gasteiger charge is 2.07. The first kappa shape index (κ1) is 9.06. The molecule has 1 heterocycles. The zero-order valence-corrected chi connectivity index (χ0v) is 8.62. The van der Waals surface area contributed by atoms with Crippen LogP contribution in [0.4, 0.5) is 0 Å². The van der Waals surface area contributed by atoms with E-state index in [-0.39, 0.29) is 0 Å². The average molecular weight is 189 g/mol. The molecule has 0 radical (unpaired) electrons. The molecule has 1 aromatic heterocycles. The molecule has 0 fully saturated rings. The second-order valence-electron chi connectivity index (χ2n) is 3.52. The van der Waals surface area contributed by atoms with Gasteiger partial charge in [-0.2, -0.15) is 5.10 Å². The maximum absolute atomic E-state index is 4.17. The fraction of sp³-hybridized carbons (Fsp3) is 0.364. The number of aromatic nitrogens is 2. The lowest BCUT2D eigenvalue weighted by Gasteiger charge is -2.12. The van der Waals surface area contributed by atoms with Gasteiger partial charge in [0.25, 0.3) is 0 Å². The first-order valence-electron chi connectivity index (χ1n) is 4.87. The van der Waals surface area contributed by atoms with E-state index in [1.165, 1.54) is 16.8 Å². The van der Waals surface area contributed by atoms with Gasteiger partial charge in [0, 0.05) is 31.6 Å². The van der Waals surface area contributed by atoms with Gasteiger partial charge in [-0.25, -0.2) is 0 Å². The third-order valence-corrected chi connectivity index (χ3v) is 2.47. The molecule has 0 amide bonds. The summed E-state index contributed by atoms with van der Waals surface area (Å²) in [6, 6.07) is 0. The van der Waals surface area contributed by atoms with Gasteiger partial charge in [0.1, 0.15) is 0 Å². The minimum absolute atomic E-state index is 1.11. The van der Waals surface area contributed by atoms with Crippen LogP contribution in [0, 0.1) is 0 Å². The molecular weight excluding hydrogens is 174 g/mol. The lowest BCUT2D eigenvalue weighted by molar-refractivity contribution is 0.767. The maximum atomic E-state index is 4.17. The second-order valence-corrected chi connectivity index (χ2v) is 3.52. The highest BCUT2D eigenvalue weighted by atomic mass is 15.2. The van der Waals surface area contributed by atoms with Crippen molar-refractivity contribution >= 4 is 5.57 Å². The summed E-state index contributed by atoms with van der Waals surface area (Å²) in [5, 5.41) is 7.37. The number of nitrogens with one attached hydrogen (secondary N) is 1. The van der Waals surface area contributed by atoms with Crippen molar-refractivity contribution in [3.8, 4) is 0 Å². The highest BCUT2D eigenvalue weighted by molar-refractivity contribution is 5.74. The van der Waals surface area contributed by atoms with Gasteiger partial charge in [-0.15, -0.1) is 0 Å². The van der Waals surface area contributed by atoms with E-state index >= 15 is 0 Å². The molecule has 3 heteroatoms. The van der Waals surface area contributed by atoms with Gasteiger partial charge < -0.3 is 5.32 Å². The fourth-order valence-corrected chi connectivity index (χ4v) is 1.67. The van der Waals surface area contributed by atoms with Gasteiger partial charge >= 0.3 is 0 Å². The molecule has 74 valence electrons. The molecule has 2 rings (SSSR count). The van der Waals surface area contributed by atoms with Crippen molar-refractivity contribution in [1.82, 2.24) is 15.1 Å². The molecule has 0 saturated carbocycles. The first-order chi connectivity index (χ1) is 6.79. The lowest BCUT2D eigenvalue weighted by Crippen LogP contribution is -2.07. The molecule has 1 N–H and O–H groups in total. The van der Waals surface area contributed by atoms with Crippen molar-refractivity contribution in [2.24, 2.45) is 7.05 Å². The molecule has 1 aromatic rings. The standard InChI is InChI=1S/C11H15N3/c1-12-11-5-3-4-9(6-11)10-7-13-14(2)8-10/h4,6-8,12H,3,5H2,1-2H3. The van der Waals surface area contributed by atoms with Crippen LogP contribution in [-0.4, -0.2) is 16.8 Å². The summed E-state index contributed by atoms with van der Waals surface area (Å²) in [6.45, 7) is 0. The van der Waals surface area contributed by atoms with Crippen LogP contribution >= 0.6 is 0 Å². The number of hydrogen-bond acceptors (Lipinski definition) is 2. The van der Waals surface area contributed by atoms with Gasteiger partial charge in [-0.3, -0.25) is 4.68 Å². The molecule has 1 aliphatic rings. The molecule has 0 spiro atoms. The zero-order chi connectivity index (χ0) is 9.97. The van der Waals surface area contributed by atoms with Crippen LogP contribution in [0.3, 0.4) is 0 Å². The Bertz CT molecular complexity index is 385. The van der Waals surface area contributed by atoms with Gasteiger partial charge in [-0.1, -0.05) is 6.08 Å². The molecule has 0 aromatic carbocycles. The number of nitrogens with zero attached hydrogens (tertiary/aromatic N) is 2. The van der Waals surface area contributed by atoms with E-state index in [0.717, 1.165) is 12.8 Å². The van der Waals surface area contributed by atoms with Gasteiger partial charge in [0.2, 0.25) is 0 Å². The Kier molecular flexibility index (Phi) is 2.39. The summed E-state index contributed by atoms with van der Waals surface area (Å²) in [6.07, 6.45) is 10.6. The van der Waals surface area contributed by atoms with Crippen LogP contribution in [0.25, 0.3) is 5.57 Å². The summed E-state index contributed by atoms with van der Waals surface area (Å²) in [4.78, 5) is 0. The SMILES string of the molecule is CNC1=CC(c2cnn(C)c2)=CCC1. The molecule has 14 heavy (non-hydrogen) atoms. The quantitative estimate of drug-likeness (QED) is 0.767. The number of aryl methyl sites for hydroxylation is 1. The van der Waals surface area contributed by atoms with Crippen LogP contribution < -0.4 is 5.32 Å². The van der Waals surface area contributed by atoms with E-state index < -0.39 is 0 Å². The monoisotopic (exact) mass is 189 g/mol. The minimum Gasteiger partial charge on any atom is -0.391 e. The van der Waals surface area contributed by atoms with E-state index in [9.17, 15) is 0 Å². The number of allylic oxidation sites excluding steroid dienone is 4. The van der Waals surface area contributed by atoms with Gasteiger partial charge in [0.05, 0.1) is 6.20 Å². The van der Waals surface area contributed by atoms with Crippen molar-refractivity contribution < 1.29 is 0 Å². The average Bonchev–Trinajstić information content (AvgIpc) is 2.65. The van der Waals surface area contributed by atoms with E-state index in [0.29, 0.717) is 0 Å². The minimum atomic E-state index is 1.11. The van der Waals surface area contributed by atoms with Crippen molar-refractivity contribution in [3.05, 3.63) is 35.8 Å². The Balaban J connectivity index is 2.27. The molecule has 0 atom stereocenters. The molecule has 0 aliphatic heterocycles. The van der Waals surface area contributed by atoms with E-state index in [4.69, 9.17) is 0 Å². The maximum Gasteiger partial charge on any atom is 0.0568 e. The molecule has 3 nitrogen and oxygen atoms in total. The Morgan fingerprint density at radius 1 is 1.50 bits per heavy atom. The van der Waals surface area contributed by atoms with Crippen LogP contribution in [0.1, 0.15) is 18.4 Å². The summed E-state index contributed by atoms with van der Waals surface area (Å²) < 4.78 is 1.83. The molecule has 0 unspecified atom stereocenters. The molecule has 0 bridgehead atoms. The zero-order valence-electron chi connectivity index (χ0n) is 8.62. The fourth-order valence-electron chi connectivity index (χ4n) is 1.67. The predicted molar refractivity (Wildman–Crippen MR) is 57.6 cm³/mol. The summed E-state index contributed by atoms with van der Waals surface area (Å²) in [7, 11) is 3.91. The third-order valence-electron chi connectivity index (χ3n) is 2.47. The topological polar surface area (TPSA) is 29.9 Å². The largest absolute Gasteiger partial charge is 0.391 e. The van der Waals surface area contributed by atoms with Crippen LogP contribution in [0.15, 0.2) is 30.2 Å². The van der Waals surface area contributed by atoms with E-state index in [1.807, 2.05) is 31.2 Å². The summed E-state index contributed by atoms with van der Waals surface area (Å²) in [5.74, 6) is 0. The third kappa shape index (κ3) is 1.71. The molecule has 1 aliphatic carbocycles. The Morgan fingerprint density at radius 2 is 2.36 bits per heavy atom. The highest BCUT2D eigenvalue weighted by Crippen LogP contribution is 2.23. The van der Waals surface area contributed by atoms with Crippen molar-refractivity contribution in [2.45, 2.75) is 12.8 Å². The number of hydrogen-bond donors (Lipinski definition) is 1. The van der Waals surface area contributed by atoms with Gasteiger partial charge in [0.15, 0.2) is 0 Å². The van der Waals surface area contributed by atoms with Crippen LogP contribution in [-0.2, 0) is 7.05 Å². The molecule has 0 saturated heterocycles. The summed E-state index contributed by atoms with van der Waals surface area (Å²) in [5.41, 5.74) is 3.76. The second kappa shape index (κ2) is 3.70. The van der Waals surface area contributed by atoms with E-state index in [1.54, 1.807) is 0 Å². The smallest absolute Gasteiger partial charge is 0.0568 e. The number of rotatable bonds is 2. The van der Waals surface area contributed by atoms with Crippen LogP contribution in [0.2, 0.25) is 0 Å². The molecular formula is C11H15N3. The van der Waals surface area contributed by atoms with Crippen LogP contribution in [0.5, 0.6) is 0 Å². The van der Waals surface area contributed by atoms with E-state index in [2.05, 4.69) is 22.6 Å². The Labute approximate surface area is 84.1 Å². The Morgan fingerprint density at radius 3 is 3.00 bits per heavy atom. The normalized spacial score (nSPS) is 16.1. The van der Waals surface area contributed by atoms with Crippen molar-refractivity contribution in [3.63, 3.8) is 0 Å². The Hall–Kier alpha value is -1.51. The lowest BCUT2D eigenvalue weighted by atomic mass is 10.0.